The molecule has 1 aromatic heterocycles. The number of thiophene rings is 1. The van der Waals surface area contributed by atoms with Gasteiger partial charge in [0.25, 0.3) is 0 Å². The van der Waals surface area contributed by atoms with Crippen LogP contribution in [-0.4, -0.2) is 17.6 Å². The van der Waals surface area contributed by atoms with Crippen LogP contribution in [0.3, 0.4) is 0 Å². The third-order valence-corrected chi connectivity index (χ3v) is 2.70. The molecule has 0 aliphatic rings. The van der Waals surface area contributed by atoms with Crippen molar-refractivity contribution in [1.82, 2.24) is 5.32 Å². The van der Waals surface area contributed by atoms with E-state index in [0.29, 0.717) is 0 Å². The third kappa shape index (κ3) is 3.16. The molecule has 0 aromatic carbocycles. The van der Waals surface area contributed by atoms with Crippen molar-refractivity contribution in [1.29, 1.82) is 0 Å². The molecule has 0 bridgehead atoms. The molecule has 1 atom stereocenters. The van der Waals surface area contributed by atoms with Crippen molar-refractivity contribution in [3.05, 3.63) is 22.4 Å². The van der Waals surface area contributed by atoms with Crippen molar-refractivity contribution in [2.24, 2.45) is 0 Å². The molecule has 1 rings (SSSR count). The first-order valence-electron chi connectivity index (χ1n) is 4.22. The quantitative estimate of drug-likeness (QED) is 0.761. The van der Waals surface area contributed by atoms with Crippen LogP contribution in [0.2, 0.25) is 0 Å². The lowest BCUT2D eigenvalue weighted by Crippen LogP contribution is -2.22. The molecule has 1 heterocycles. The molecule has 1 unspecified atom stereocenters. The Morgan fingerprint density at radius 3 is 3.00 bits per heavy atom. The Morgan fingerprint density at radius 2 is 2.54 bits per heavy atom. The summed E-state index contributed by atoms with van der Waals surface area (Å²) in [6.07, 6.45) is 0.147. The Balaban J connectivity index is 2.62. The van der Waals surface area contributed by atoms with Gasteiger partial charge in [0.1, 0.15) is 0 Å². The van der Waals surface area contributed by atoms with E-state index in [4.69, 9.17) is 5.11 Å². The first kappa shape index (κ1) is 10.2. The number of carboxylic acid groups (broad SMARTS) is 1. The molecule has 0 aliphatic heterocycles. The van der Waals surface area contributed by atoms with Crippen molar-refractivity contribution < 1.29 is 9.90 Å². The summed E-state index contributed by atoms with van der Waals surface area (Å²) >= 11 is 1.59. The topological polar surface area (TPSA) is 49.3 Å². The van der Waals surface area contributed by atoms with E-state index in [1.807, 2.05) is 24.4 Å². The maximum atomic E-state index is 10.5. The van der Waals surface area contributed by atoms with E-state index in [0.717, 1.165) is 11.4 Å². The van der Waals surface area contributed by atoms with Crippen LogP contribution in [0.25, 0.3) is 0 Å². The van der Waals surface area contributed by atoms with Crippen LogP contribution in [0.1, 0.15) is 24.3 Å². The average molecular weight is 199 g/mol. The van der Waals surface area contributed by atoms with E-state index in [1.165, 1.54) is 0 Å². The highest BCUT2D eigenvalue weighted by Crippen LogP contribution is 2.21. The van der Waals surface area contributed by atoms with Gasteiger partial charge in [0, 0.05) is 4.88 Å². The van der Waals surface area contributed by atoms with E-state index >= 15 is 0 Å². The predicted octanol–water partition coefficient (Wildman–Crippen LogP) is 1.87. The molecule has 3 nitrogen and oxygen atoms in total. The lowest BCUT2D eigenvalue weighted by molar-refractivity contribution is -0.137. The Hall–Kier alpha value is -0.870. The molecule has 0 radical (unpaired) electrons. The first-order chi connectivity index (χ1) is 6.24. The highest BCUT2D eigenvalue weighted by molar-refractivity contribution is 7.10. The number of nitrogens with one attached hydrogen (secondary N) is 1. The zero-order valence-corrected chi connectivity index (χ0v) is 8.30. The van der Waals surface area contributed by atoms with E-state index in [1.54, 1.807) is 11.3 Å². The standard InChI is InChI=1S/C9H13NO2S/c1-2-10-7(6-9(11)12)8-4-3-5-13-8/h3-5,7,10H,2,6H2,1H3,(H,11,12). The summed E-state index contributed by atoms with van der Waals surface area (Å²) in [6, 6.07) is 3.86. The summed E-state index contributed by atoms with van der Waals surface area (Å²) in [7, 11) is 0. The molecule has 72 valence electrons. The van der Waals surface area contributed by atoms with Crippen molar-refractivity contribution in [3.63, 3.8) is 0 Å². The van der Waals surface area contributed by atoms with E-state index in [9.17, 15) is 4.79 Å². The Bertz CT molecular complexity index is 259. The summed E-state index contributed by atoms with van der Waals surface area (Å²) in [6.45, 7) is 2.76. The van der Waals surface area contributed by atoms with Crippen LogP contribution in [0, 0.1) is 0 Å². The Morgan fingerprint density at radius 1 is 1.77 bits per heavy atom. The number of aliphatic carboxylic acids is 1. The zero-order valence-electron chi connectivity index (χ0n) is 7.49. The molecule has 0 aliphatic carbocycles. The van der Waals surface area contributed by atoms with Crippen LogP contribution < -0.4 is 5.32 Å². The van der Waals surface area contributed by atoms with Crippen LogP contribution in [0.5, 0.6) is 0 Å². The van der Waals surface area contributed by atoms with Crippen molar-refractivity contribution in [3.8, 4) is 0 Å². The minimum Gasteiger partial charge on any atom is -0.481 e. The molecule has 1 aromatic rings. The first-order valence-corrected chi connectivity index (χ1v) is 5.10. The lowest BCUT2D eigenvalue weighted by Gasteiger charge is -2.13. The van der Waals surface area contributed by atoms with Crippen LogP contribution in [-0.2, 0) is 4.79 Å². The Kier molecular flexibility index (Phi) is 3.92. The second-order valence-electron chi connectivity index (χ2n) is 2.72. The third-order valence-electron chi connectivity index (χ3n) is 1.72. The van der Waals surface area contributed by atoms with Crippen molar-refractivity contribution >= 4 is 17.3 Å². The highest BCUT2D eigenvalue weighted by Gasteiger charge is 2.14. The van der Waals surface area contributed by atoms with Gasteiger partial charge in [-0.1, -0.05) is 13.0 Å². The Labute approximate surface area is 81.4 Å². The summed E-state index contributed by atoms with van der Waals surface area (Å²) in [5.41, 5.74) is 0. The van der Waals surface area contributed by atoms with Gasteiger partial charge in [-0.25, -0.2) is 0 Å². The van der Waals surface area contributed by atoms with Crippen LogP contribution in [0.15, 0.2) is 17.5 Å². The highest BCUT2D eigenvalue weighted by atomic mass is 32.1. The maximum absolute atomic E-state index is 10.5. The molecule has 0 saturated heterocycles. The molecular formula is C9H13NO2S. The van der Waals surface area contributed by atoms with Crippen LogP contribution in [0.4, 0.5) is 0 Å². The molecule has 0 fully saturated rings. The SMILES string of the molecule is CCNC(CC(=O)O)c1cccs1. The normalized spacial score (nSPS) is 12.7. The molecule has 0 amide bonds. The van der Waals surface area contributed by atoms with Gasteiger partial charge < -0.3 is 10.4 Å². The second kappa shape index (κ2) is 4.99. The van der Waals surface area contributed by atoms with Gasteiger partial charge in [0.05, 0.1) is 12.5 Å². The van der Waals surface area contributed by atoms with Gasteiger partial charge in [-0.2, -0.15) is 0 Å². The van der Waals surface area contributed by atoms with Crippen LogP contribution >= 0.6 is 11.3 Å². The van der Waals surface area contributed by atoms with E-state index < -0.39 is 5.97 Å². The predicted molar refractivity (Wildman–Crippen MR) is 53.0 cm³/mol. The summed E-state index contributed by atoms with van der Waals surface area (Å²) in [5, 5.41) is 13.8. The fraction of sp³-hybridized carbons (Fsp3) is 0.444. The lowest BCUT2D eigenvalue weighted by atomic mass is 10.2. The fourth-order valence-corrected chi connectivity index (χ4v) is 1.99. The van der Waals surface area contributed by atoms with Gasteiger partial charge in [-0.05, 0) is 18.0 Å². The molecule has 4 heteroatoms. The minimum atomic E-state index is -0.764. The summed E-state index contributed by atoms with van der Waals surface area (Å²) in [4.78, 5) is 11.6. The van der Waals surface area contributed by atoms with Gasteiger partial charge in [0.15, 0.2) is 0 Å². The molecule has 13 heavy (non-hydrogen) atoms. The minimum absolute atomic E-state index is 0.0394. The van der Waals surface area contributed by atoms with E-state index in [-0.39, 0.29) is 12.5 Å². The van der Waals surface area contributed by atoms with E-state index in [2.05, 4.69) is 5.32 Å². The monoisotopic (exact) mass is 199 g/mol. The number of hydrogen-bond donors (Lipinski definition) is 2. The van der Waals surface area contributed by atoms with Gasteiger partial charge in [-0.15, -0.1) is 11.3 Å². The van der Waals surface area contributed by atoms with Gasteiger partial charge in [0.2, 0.25) is 0 Å². The smallest absolute Gasteiger partial charge is 0.305 e. The number of hydrogen-bond acceptors (Lipinski definition) is 3. The fourth-order valence-electron chi connectivity index (χ4n) is 1.18. The van der Waals surface area contributed by atoms with Crippen molar-refractivity contribution in [2.75, 3.05) is 6.54 Å². The molecule has 2 N–H and O–H groups in total. The summed E-state index contributed by atoms with van der Waals surface area (Å²) in [5.74, 6) is -0.764. The number of carbonyl (C=O) groups is 1. The summed E-state index contributed by atoms with van der Waals surface area (Å²) < 4.78 is 0. The number of rotatable bonds is 5. The van der Waals surface area contributed by atoms with Gasteiger partial charge >= 0.3 is 5.97 Å². The second-order valence-corrected chi connectivity index (χ2v) is 3.70. The molecule has 0 spiro atoms. The van der Waals surface area contributed by atoms with Gasteiger partial charge in [-0.3, -0.25) is 4.79 Å². The number of carboxylic acids is 1. The molecular weight excluding hydrogens is 186 g/mol. The average Bonchev–Trinajstić information content (AvgIpc) is 2.54. The molecule has 0 saturated carbocycles. The zero-order chi connectivity index (χ0) is 9.68. The maximum Gasteiger partial charge on any atom is 0.305 e. The largest absolute Gasteiger partial charge is 0.481 e. The van der Waals surface area contributed by atoms with Crippen molar-refractivity contribution in [2.45, 2.75) is 19.4 Å².